The van der Waals surface area contributed by atoms with Gasteiger partial charge in [0.2, 0.25) is 11.8 Å². The molecule has 0 radical (unpaired) electrons. The van der Waals surface area contributed by atoms with Crippen LogP contribution in [0.25, 0.3) is 0 Å². The van der Waals surface area contributed by atoms with Crippen LogP contribution in [0, 0.1) is 0 Å². The highest BCUT2D eigenvalue weighted by Gasteiger charge is 2.08. The zero-order valence-electron chi connectivity index (χ0n) is 15.2. The third kappa shape index (κ3) is 7.16. The third-order valence-corrected chi connectivity index (χ3v) is 4.34. The minimum Gasteiger partial charge on any atom is -0.492 e. The zero-order valence-corrected chi connectivity index (χ0v) is 16.0. The average Bonchev–Trinajstić information content (AvgIpc) is 2.67. The highest BCUT2D eigenvalue weighted by atomic mass is 32.2. The van der Waals surface area contributed by atoms with E-state index in [4.69, 9.17) is 9.84 Å². The summed E-state index contributed by atoms with van der Waals surface area (Å²) in [5.74, 6) is -1.04. The van der Waals surface area contributed by atoms with Crippen molar-refractivity contribution in [2.45, 2.75) is 11.8 Å². The van der Waals surface area contributed by atoms with Gasteiger partial charge in [0.15, 0.2) is 0 Å². The van der Waals surface area contributed by atoms with Gasteiger partial charge < -0.3 is 20.5 Å². The fourth-order valence-corrected chi connectivity index (χ4v) is 2.85. The van der Waals surface area contributed by atoms with Gasteiger partial charge in [-0.1, -0.05) is 12.1 Å². The maximum atomic E-state index is 12.2. The highest BCUT2D eigenvalue weighted by molar-refractivity contribution is 8.00. The number of hydrogen-bond donors (Lipinski definition) is 3. The van der Waals surface area contributed by atoms with Crippen LogP contribution < -0.4 is 15.4 Å². The number of carbonyl (C=O) groups excluding carboxylic acids is 2. The maximum absolute atomic E-state index is 12.2. The van der Waals surface area contributed by atoms with Crippen molar-refractivity contribution < 1.29 is 24.2 Å². The van der Waals surface area contributed by atoms with Crippen molar-refractivity contribution in [2.75, 3.05) is 23.0 Å². The van der Waals surface area contributed by atoms with E-state index in [9.17, 15) is 14.4 Å². The number of anilines is 2. The van der Waals surface area contributed by atoms with Crippen LogP contribution in [-0.2, 0) is 14.4 Å². The van der Waals surface area contributed by atoms with Crippen molar-refractivity contribution in [3.05, 3.63) is 60.7 Å². The van der Waals surface area contributed by atoms with Crippen molar-refractivity contribution in [1.29, 1.82) is 0 Å². The van der Waals surface area contributed by atoms with Crippen LogP contribution in [-0.4, -0.2) is 35.2 Å². The van der Waals surface area contributed by atoms with Crippen molar-refractivity contribution in [1.82, 2.24) is 0 Å². The summed E-state index contributed by atoms with van der Waals surface area (Å²) in [5.41, 5.74) is 1.15. The van der Waals surface area contributed by atoms with E-state index in [-0.39, 0.29) is 11.7 Å². The summed E-state index contributed by atoms with van der Waals surface area (Å²) in [6.45, 7) is 2.39. The molecule has 0 saturated heterocycles. The topological polar surface area (TPSA) is 105 Å². The number of amides is 2. The molecular formula is C20H20N2O5S. The van der Waals surface area contributed by atoms with E-state index in [2.05, 4.69) is 10.6 Å². The van der Waals surface area contributed by atoms with Crippen molar-refractivity contribution in [2.24, 2.45) is 0 Å². The molecule has 2 aromatic carbocycles. The van der Waals surface area contributed by atoms with Crippen LogP contribution in [0.2, 0.25) is 0 Å². The largest absolute Gasteiger partial charge is 0.492 e. The van der Waals surface area contributed by atoms with E-state index < -0.39 is 11.9 Å². The lowest BCUT2D eigenvalue weighted by Gasteiger charge is -2.11. The number of carboxylic acid groups (broad SMARTS) is 1. The number of thioether (sulfide) groups is 1. The van der Waals surface area contributed by atoms with E-state index in [0.29, 0.717) is 23.7 Å². The summed E-state index contributed by atoms with van der Waals surface area (Å²) >= 11 is 1.35. The summed E-state index contributed by atoms with van der Waals surface area (Å²) in [5, 5.41) is 13.9. The number of para-hydroxylation sites is 2. The Bertz CT molecular complexity index is 865. The zero-order chi connectivity index (χ0) is 20.4. The summed E-state index contributed by atoms with van der Waals surface area (Å²) < 4.78 is 5.48. The van der Waals surface area contributed by atoms with Gasteiger partial charge in [-0.15, -0.1) is 11.8 Å². The Morgan fingerprint density at radius 3 is 2.43 bits per heavy atom. The molecule has 0 fully saturated rings. The Kier molecular flexibility index (Phi) is 8.11. The first-order chi connectivity index (χ1) is 13.5. The molecule has 0 aliphatic rings. The lowest BCUT2D eigenvalue weighted by atomic mass is 10.3. The molecule has 0 aliphatic carbocycles. The van der Waals surface area contributed by atoms with E-state index in [0.717, 1.165) is 17.0 Å². The van der Waals surface area contributed by atoms with E-state index in [1.54, 1.807) is 36.4 Å². The molecule has 146 valence electrons. The molecule has 2 amide bonds. The number of aliphatic carboxylic acids is 1. The first-order valence-corrected chi connectivity index (χ1v) is 9.43. The van der Waals surface area contributed by atoms with Crippen molar-refractivity contribution >= 4 is 40.9 Å². The monoisotopic (exact) mass is 400 g/mol. The smallest absolute Gasteiger partial charge is 0.328 e. The molecular weight excluding hydrogens is 380 g/mol. The second-order valence-electron chi connectivity index (χ2n) is 5.45. The molecule has 0 heterocycles. The van der Waals surface area contributed by atoms with Crippen molar-refractivity contribution in [3.63, 3.8) is 0 Å². The Morgan fingerprint density at radius 1 is 1.04 bits per heavy atom. The van der Waals surface area contributed by atoms with E-state index in [1.165, 1.54) is 11.8 Å². The fraction of sp³-hybridized carbons (Fsp3) is 0.150. The Hall–Kier alpha value is -3.26. The maximum Gasteiger partial charge on any atom is 0.328 e. The summed E-state index contributed by atoms with van der Waals surface area (Å²) in [6, 6.07) is 14.1. The van der Waals surface area contributed by atoms with Gasteiger partial charge >= 0.3 is 5.97 Å². The summed E-state index contributed by atoms with van der Waals surface area (Å²) in [4.78, 5) is 35.0. The SMILES string of the molecule is CCOc1ccccc1NC(=O)CSc1ccc(NC(=O)/C=C/C(=O)O)cc1. The standard InChI is InChI=1S/C20H20N2O5S/c1-2-27-17-6-4-3-5-16(17)22-19(24)13-28-15-9-7-14(8-10-15)21-18(23)11-12-20(25)26/h3-12H,2,13H2,1H3,(H,21,23)(H,22,24)(H,25,26)/b12-11+. The van der Waals surface area contributed by atoms with Crippen LogP contribution in [0.1, 0.15) is 6.92 Å². The van der Waals surface area contributed by atoms with Crippen LogP contribution in [0.3, 0.4) is 0 Å². The molecule has 2 aromatic rings. The molecule has 7 nitrogen and oxygen atoms in total. The summed E-state index contributed by atoms with van der Waals surface area (Å²) in [6.07, 6.45) is 1.71. The number of hydrogen-bond acceptors (Lipinski definition) is 5. The van der Waals surface area contributed by atoms with Gasteiger partial charge in [-0.05, 0) is 43.3 Å². The van der Waals surface area contributed by atoms with Gasteiger partial charge in [-0.2, -0.15) is 0 Å². The Balaban J connectivity index is 1.85. The Morgan fingerprint density at radius 2 is 1.75 bits per heavy atom. The van der Waals surface area contributed by atoms with Gasteiger partial charge in [0, 0.05) is 22.7 Å². The minimum absolute atomic E-state index is 0.159. The van der Waals surface area contributed by atoms with E-state index in [1.807, 2.05) is 19.1 Å². The Labute approximate surface area is 166 Å². The van der Waals surface area contributed by atoms with Crippen LogP contribution in [0.4, 0.5) is 11.4 Å². The predicted molar refractivity (Wildman–Crippen MR) is 109 cm³/mol. The molecule has 0 aromatic heterocycles. The lowest BCUT2D eigenvalue weighted by Crippen LogP contribution is -2.14. The first kappa shape index (κ1) is 21.0. The molecule has 8 heteroatoms. The number of nitrogens with one attached hydrogen (secondary N) is 2. The van der Waals surface area contributed by atoms with Gasteiger partial charge in [0.25, 0.3) is 0 Å². The van der Waals surface area contributed by atoms with Gasteiger partial charge in [-0.3, -0.25) is 9.59 Å². The van der Waals surface area contributed by atoms with E-state index >= 15 is 0 Å². The fourth-order valence-electron chi connectivity index (χ4n) is 2.15. The molecule has 0 atom stereocenters. The quantitative estimate of drug-likeness (QED) is 0.440. The first-order valence-electron chi connectivity index (χ1n) is 8.44. The minimum atomic E-state index is -1.19. The number of carboxylic acids is 1. The molecule has 0 aliphatic heterocycles. The molecule has 2 rings (SSSR count). The van der Waals surface area contributed by atoms with Crippen molar-refractivity contribution in [3.8, 4) is 5.75 Å². The second-order valence-corrected chi connectivity index (χ2v) is 6.50. The molecule has 28 heavy (non-hydrogen) atoms. The lowest BCUT2D eigenvalue weighted by molar-refractivity contribution is -0.131. The average molecular weight is 400 g/mol. The highest BCUT2D eigenvalue weighted by Crippen LogP contribution is 2.25. The number of rotatable bonds is 9. The molecule has 0 unspecified atom stereocenters. The van der Waals surface area contributed by atoms with Crippen LogP contribution in [0.15, 0.2) is 65.6 Å². The van der Waals surface area contributed by atoms with Gasteiger partial charge in [0.05, 0.1) is 18.0 Å². The number of benzene rings is 2. The number of carbonyl (C=O) groups is 3. The second kappa shape index (κ2) is 10.8. The van der Waals surface area contributed by atoms with Gasteiger partial charge in [0.1, 0.15) is 5.75 Å². The van der Waals surface area contributed by atoms with Crippen LogP contribution >= 0.6 is 11.8 Å². The summed E-state index contributed by atoms with van der Waals surface area (Å²) in [7, 11) is 0. The molecule has 3 N–H and O–H groups in total. The predicted octanol–water partition coefficient (Wildman–Crippen LogP) is 3.40. The normalized spacial score (nSPS) is 10.5. The van der Waals surface area contributed by atoms with Crippen LogP contribution in [0.5, 0.6) is 5.75 Å². The number of ether oxygens (including phenoxy) is 1. The van der Waals surface area contributed by atoms with Gasteiger partial charge in [-0.25, -0.2) is 4.79 Å². The third-order valence-electron chi connectivity index (χ3n) is 3.33. The molecule has 0 saturated carbocycles. The molecule has 0 spiro atoms. The molecule has 0 bridgehead atoms.